The van der Waals surface area contributed by atoms with Crippen LogP contribution in [0, 0.1) is 0 Å². The Morgan fingerprint density at radius 3 is 2.80 bits per heavy atom. The van der Waals surface area contributed by atoms with Crippen molar-refractivity contribution in [3.05, 3.63) is 17.3 Å². The van der Waals surface area contributed by atoms with Gasteiger partial charge in [-0.05, 0) is 37.9 Å². The van der Waals surface area contributed by atoms with Crippen LogP contribution in [0.2, 0.25) is 5.15 Å². The molecule has 1 aromatic rings. The molecular weight excluding hydrogens is 212 g/mol. The molecule has 0 amide bonds. The Morgan fingerprint density at radius 2 is 2.13 bits per heavy atom. The average molecular weight is 227 g/mol. The van der Waals surface area contributed by atoms with Gasteiger partial charge in [-0.25, -0.2) is 0 Å². The molecule has 0 bridgehead atoms. The molecule has 4 nitrogen and oxygen atoms in total. The van der Waals surface area contributed by atoms with Crippen LogP contribution in [0.5, 0.6) is 0 Å². The number of aromatic nitrogens is 2. The highest BCUT2D eigenvalue weighted by atomic mass is 35.5. The van der Waals surface area contributed by atoms with Crippen LogP contribution in [-0.4, -0.2) is 29.3 Å². The lowest BCUT2D eigenvalue weighted by Gasteiger charge is -2.05. The van der Waals surface area contributed by atoms with Crippen LogP contribution in [0.4, 0.5) is 5.82 Å². The van der Waals surface area contributed by atoms with E-state index in [-0.39, 0.29) is 0 Å². The monoisotopic (exact) mass is 226 g/mol. The topological polar surface area (TPSA) is 49.8 Å². The Labute approximate surface area is 94.4 Å². The molecule has 0 radical (unpaired) electrons. The maximum Gasteiger partial charge on any atom is 0.151 e. The van der Waals surface area contributed by atoms with Gasteiger partial charge in [-0.1, -0.05) is 11.6 Å². The average Bonchev–Trinajstić information content (AvgIpc) is 3.04. The van der Waals surface area contributed by atoms with Gasteiger partial charge in [0.1, 0.15) is 5.82 Å². The van der Waals surface area contributed by atoms with Crippen molar-refractivity contribution in [2.75, 3.05) is 18.4 Å². The van der Waals surface area contributed by atoms with Gasteiger partial charge in [0, 0.05) is 12.6 Å². The van der Waals surface area contributed by atoms with Crippen LogP contribution in [0.1, 0.15) is 19.3 Å². The van der Waals surface area contributed by atoms with Crippen LogP contribution in [0.15, 0.2) is 12.1 Å². The highest BCUT2D eigenvalue weighted by Crippen LogP contribution is 2.18. The van der Waals surface area contributed by atoms with Gasteiger partial charge in [-0.15, -0.1) is 10.2 Å². The largest absolute Gasteiger partial charge is 0.369 e. The van der Waals surface area contributed by atoms with E-state index in [1.165, 1.54) is 12.8 Å². The van der Waals surface area contributed by atoms with E-state index in [9.17, 15) is 0 Å². The molecule has 0 aliphatic heterocycles. The molecule has 1 saturated carbocycles. The maximum absolute atomic E-state index is 5.63. The maximum atomic E-state index is 5.63. The molecule has 0 unspecified atom stereocenters. The molecule has 0 aromatic carbocycles. The zero-order valence-electron chi connectivity index (χ0n) is 8.54. The summed E-state index contributed by atoms with van der Waals surface area (Å²) >= 11 is 5.63. The van der Waals surface area contributed by atoms with E-state index in [4.69, 9.17) is 11.6 Å². The molecular formula is C10H15ClN4. The van der Waals surface area contributed by atoms with Crippen LogP contribution < -0.4 is 10.6 Å². The van der Waals surface area contributed by atoms with Gasteiger partial charge in [-0.3, -0.25) is 0 Å². The molecule has 2 rings (SSSR count). The number of nitrogens with one attached hydrogen (secondary N) is 2. The molecule has 1 heterocycles. The molecule has 0 spiro atoms. The Kier molecular flexibility index (Phi) is 3.75. The van der Waals surface area contributed by atoms with E-state index in [1.807, 2.05) is 6.07 Å². The second kappa shape index (κ2) is 5.28. The molecule has 1 aliphatic carbocycles. The second-order valence-electron chi connectivity index (χ2n) is 3.75. The van der Waals surface area contributed by atoms with E-state index in [0.29, 0.717) is 5.15 Å². The number of hydrogen-bond acceptors (Lipinski definition) is 4. The Balaban J connectivity index is 1.58. The lowest BCUT2D eigenvalue weighted by atomic mass is 10.4. The lowest BCUT2D eigenvalue weighted by Crippen LogP contribution is -2.20. The number of rotatable bonds is 6. The highest BCUT2D eigenvalue weighted by Gasteiger charge is 2.19. The lowest BCUT2D eigenvalue weighted by molar-refractivity contribution is 0.658. The Morgan fingerprint density at radius 1 is 1.27 bits per heavy atom. The van der Waals surface area contributed by atoms with Crippen molar-refractivity contribution in [1.82, 2.24) is 15.5 Å². The van der Waals surface area contributed by atoms with Crippen molar-refractivity contribution in [2.45, 2.75) is 25.3 Å². The zero-order valence-corrected chi connectivity index (χ0v) is 9.30. The van der Waals surface area contributed by atoms with Gasteiger partial charge in [0.2, 0.25) is 0 Å². The summed E-state index contributed by atoms with van der Waals surface area (Å²) < 4.78 is 0. The van der Waals surface area contributed by atoms with Crippen LogP contribution in [-0.2, 0) is 0 Å². The van der Waals surface area contributed by atoms with E-state index in [2.05, 4.69) is 20.8 Å². The minimum atomic E-state index is 0.427. The summed E-state index contributed by atoms with van der Waals surface area (Å²) in [5, 5.41) is 14.7. The van der Waals surface area contributed by atoms with Gasteiger partial charge in [0.25, 0.3) is 0 Å². The predicted molar refractivity (Wildman–Crippen MR) is 61.2 cm³/mol. The van der Waals surface area contributed by atoms with Crippen LogP contribution in [0.3, 0.4) is 0 Å². The molecule has 15 heavy (non-hydrogen) atoms. The third-order valence-corrected chi connectivity index (χ3v) is 2.50. The Hall–Kier alpha value is -0.870. The zero-order chi connectivity index (χ0) is 10.5. The van der Waals surface area contributed by atoms with Gasteiger partial charge >= 0.3 is 0 Å². The summed E-state index contributed by atoms with van der Waals surface area (Å²) in [6.45, 7) is 1.98. The summed E-state index contributed by atoms with van der Waals surface area (Å²) in [4.78, 5) is 0. The summed E-state index contributed by atoms with van der Waals surface area (Å²) in [6.07, 6.45) is 3.78. The van der Waals surface area contributed by atoms with E-state index in [1.54, 1.807) is 6.07 Å². The molecule has 1 aliphatic rings. The molecule has 1 aromatic heterocycles. The number of anilines is 1. The number of halogens is 1. The first-order valence-electron chi connectivity index (χ1n) is 5.31. The number of hydrogen-bond donors (Lipinski definition) is 2. The number of nitrogens with zero attached hydrogens (tertiary/aromatic N) is 2. The highest BCUT2D eigenvalue weighted by molar-refractivity contribution is 6.29. The van der Waals surface area contributed by atoms with Crippen LogP contribution in [0.25, 0.3) is 0 Å². The van der Waals surface area contributed by atoms with E-state index in [0.717, 1.165) is 31.4 Å². The summed E-state index contributed by atoms with van der Waals surface area (Å²) in [7, 11) is 0. The van der Waals surface area contributed by atoms with Crippen molar-refractivity contribution in [3.8, 4) is 0 Å². The van der Waals surface area contributed by atoms with Crippen molar-refractivity contribution < 1.29 is 0 Å². The first kappa shape index (κ1) is 10.6. The minimum Gasteiger partial charge on any atom is -0.369 e. The third-order valence-electron chi connectivity index (χ3n) is 2.30. The van der Waals surface area contributed by atoms with Gasteiger partial charge < -0.3 is 10.6 Å². The molecule has 0 atom stereocenters. The summed E-state index contributed by atoms with van der Waals surface area (Å²) in [5.41, 5.74) is 0. The van der Waals surface area contributed by atoms with Crippen molar-refractivity contribution in [2.24, 2.45) is 0 Å². The quantitative estimate of drug-likeness (QED) is 0.725. The normalized spacial score (nSPS) is 15.3. The van der Waals surface area contributed by atoms with Crippen molar-refractivity contribution >= 4 is 17.4 Å². The summed E-state index contributed by atoms with van der Waals surface area (Å²) in [6, 6.07) is 4.36. The fourth-order valence-electron chi connectivity index (χ4n) is 1.31. The van der Waals surface area contributed by atoms with Crippen LogP contribution >= 0.6 is 11.6 Å². The summed E-state index contributed by atoms with van der Waals surface area (Å²) in [5.74, 6) is 0.783. The van der Waals surface area contributed by atoms with Crippen molar-refractivity contribution in [1.29, 1.82) is 0 Å². The molecule has 1 fully saturated rings. The molecule has 2 N–H and O–H groups in total. The fraction of sp³-hybridized carbons (Fsp3) is 0.600. The fourth-order valence-corrected chi connectivity index (χ4v) is 1.41. The van der Waals surface area contributed by atoms with Gasteiger partial charge in [0.05, 0.1) is 0 Å². The standard InChI is InChI=1S/C10H15ClN4/c11-9-4-5-10(15-14-9)13-7-1-6-12-8-2-3-8/h4-5,8,12H,1-3,6-7H2,(H,13,15). The smallest absolute Gasteiger partial charge is 0.151 e. The SMILES string of the molecule is Clc1ccc(NCCCNC2CC2)nn1. The molecule has 0 saturated heterocycles. The van der Waals surface area contributed by atoms with Crippen molar-refractivity contribution in [3.63, 3.8) is 0 Å². The first-order chi connectivity index (χ1) is 7.34. The molecule has 5 heteroatoms. The van der Waals surface area contributed by atoms with Gasteiger partial charge in [0.15, 0.2) is 5.15 Å². The van der Waals surface area contributed by atoms with E-state index >= 15 is 0 Å². The Bertz CT molecular complexity index is 297. The first-order valence-corrected chi connectivity index (χ1v) is 5.69. The predicted octanol–water partition coefficient (Wildman–Crippen LogP) is 1.68. The van der Waals surface area contributed by atoms with Gasteiger partial charge in [-0.2, -0.15) is 0 Å². The minimum absolute atomic E-state index is 0.427. The van der Waals surface area contributed by atoms with E-state index < -0.39 is 0 Å². The second-order valence-corrected chi connectivity index (χ2v) is 4.14. The third kappa shape index (κ3) is 4.01. The molecule has 82 valence electrons.